The number of ether oxygens (including phenoxy) is 1. The van der Waals surface area contributed by atoms with Crippen molar-refractivity contribution in [3.63, 3.8) is 0 Å². The Morgan fingerprint density at radius 1 is 1.22 bits per heavy atom. The lowest BCUT2D eigenvalue weighted by molar-refractivity contribution is -0.132. The van der Waals surface area contributed by atoms with Gasteiger partial charge in [-0.05, 0) is 54.4 Å². The van der Waals surface area contributed by atoms with E-state index in [4.69, 9.17) is 10.6 Å². The van der Waals surface area contributed by atoms with Crippen LogP contribution in [0.5, 0.6) is 11.5 Å². The van der Waals surface area contributed by atoms with Crippen molar-refractivity contribution in [1.82, 2.24) is 19.9 Å². The molecule has 0 spiro atoms. The van der Waals surface area contributed by atoms with Gasteiger partial charge in [0.15, 0.2) is 6.61 Å². The third-order valence-electron chi connectivity index (χ3n) is 5.02. The molecule has 2 heterocycles. The van der Waals surface area contributed by atoms with Crippen LogP contribution in [-0.2, 0) is 4.79 Å². The van der Waals surface area contributed by atoms with E-state index < -0.39 is 5.69 Å². The summed E-state index contributed by atoms with van der Waals surface area (Å²) in [6, 6.07) is 13.9. The van der Waals surface area contributed by atoms with Gasteiger partial charge < -0.3 is 19.7 Å². The van der Waals surface area contributed by atoms with Crippen LogP contribution in [0.4, 0.5) is 0 Å². The molecule has 0 saturated heterocycles. The highest BCUT2D eigenvalue weighted by molar-refractivity contribution is 5.79. The summed E-state index contributed by atoms with van der Waals surface area (Å²) in [5.41, 5.74) is 2.67. The number of nitrogens with zero attached hydrogens (tertiary/aromatic N) is 3. The molecule has 1 aliphatic rings. The van der Waals surface area contributed by atoms with Crippen LogP contribution in [0.1, 0.15) is 5.56 Å². The topological polar surface area (TPSA) is 125 Å². The summed E-state index contributed by atoms with van der Waals surface area (Å²) < 4.78 is 5.67. The van der Waals surface area contributed by atoms with Crippen LogP contribution in [-0.4, -0.2) is 50.7 Å². The average molecular weight is 433 g/mol. The molecular weight excluding hydrogens is 410 g/mol. The number of rotatable bonds is 5. The van der Waals surface area contributed by atoms with Gasteiger partial charge in [-0.1, -0.05) is 18.2 Å². The van der Waals surface area contributed by atoms with Crippen LogP contribution in [0, 0.1) is 6.92 Å². The summed E-state index contributed by atoms with van der Waals surface area (Å²) >= 11 is 0. The van der Waals surface area contributed by atoms with Crippen molar-refractivity contribution in [2.45, 2.75) is 6.92 Å². The molecule has 2 aromatic carbocycles. The van der Waals surface area contributed by atoms with Gasteiger partial charge in [0.25, 0.3) is 5.91 Å². The number of H-pyrrole nitrogens is 1. The number of carbonyl (C=O) groups excluding carboxylic acids is 1. The number of aromatic amines is 1. The highest BCUT2D eigenvalue weighted by Gasteiger charge is 2.17. The normalized spacial score (nSPS) is 13.9. The molecule has 3 aromatic rings. The predicted molar refractivity (Wildman–Crippen MR) is 119 cm³/mol. The Labute approximate surface area is 184 Å². The smallest absolute Gasteiger partial charge is 0.345 e. The minimum absolute atomic E-state index is 0.150. The van der Waals surface area contributed by atoms with Crippen LogP contribution in [0.3, 0.4) is 0 Å². The molecule has 0 unspecified atom stereocenters. The van der Waals surface area contributed by atoms with Gasteiger partial charge in [-0.15, -0.1) is 0 Å². The molecule has 0 atom stereocenters. The first-order valence-electron chi connectivity index (χ1n) is 9.99. The Bertz CT molecular complexity index is 1240. The van der Waals surface area contributed by atoms with Gasteiger partial charge in [-0.3, -0.25) is 10.6 Å². The summed E-state index contributed by atoms with van der Waals surface area (Å²) in [7, 11) is 0. The Hall–Kier alpha value is -3.95. The summed E-state index contributed by atoms with van der Waals surface area (Å²) in [5.74, 6) is 6.18. The molecule has 1 amide bonds. The second kappa shape index (κ2) is 9.04. The summed E-state index contributed by atoms with van der Waals surface area (Å²) in [4.78, 5) is 32.8. The van der Waals surface area contributed by atoms with Crippen LogP contribution >= 0.6 is 0 Å². The first-order valence-corrected chi connectivity index (χ1v) is 9.99. The Morgan fingerprint density at radius 2 is 2.06 bits per heavy atom. The highest BCUT2D eigenvalue weighted by Crippen LogP contribution is 2.27. The van der Waals surface area contributed by atoms with Gasteiger partial charge in [0.05, 0.1) is 18.1 Å². The van der Waals surface area contributed by atoms with Crippen molar-refractivity contribution in [2.24, 2.45) is 5.84 Å². The van der Waals surface area contributed by atoms with E-state index in [0.717, 1.165) is 5.56 Å². The van der Waals surface area contributed by atoms with E-state index in [-0.39, 0.29) is 18.3 Å². The highest BCUT2D eigenvalue weighted by atomic mass is 16.5. The van der Waals surface area contributed by atoms with E-state index in [0.29, 0.717) is 41.5 Å². The molecule has 32 heavy (non-hydrogen) atoms. The number of hydrogen-bond acceptors (Lipinski definition) is 7. The summed E-state index contributed by atoms with van der Waals surface area (Å²) in [5, 5.41) is 11.3. The maximum atomic E-state index is 12.4. The molecule has 0 radical (unpaired) electrons. The van der Waals surface area contributed by atoms with Crippen LogP contribution in [0.25, 0.3) is 22.5 Å². The number of amides is 1. The quantitative estimate of drug-likeness (QED) is 0.526. The largest absolute Gasteiger partial charge is 0.508 e. The number of aromatic hydroxyl groups is 1. The molecule has 0 bridgehead atoms. The van der Waals surface area contributed by atoms with Crippen LogP contribution in [0.2, 0.25) is 0 Å². The van der Waals surface area contributed by atoms with E-state index in [1.165, 1.54) is 9.91 Å². The molecule has 0 aliphatic carbocycles. The van der Waals surface area contributed by atoms with E-state index >= 15 is 0 Å². The number of benzene rings is 2. The maximum Gasteiger partial charge on any atom is 0.345 e. The number of nitrogens with one attached hydrogen (secondary N) is 1. The number of aryl methyl sites for hydroxylation is 1. The molecule has 4 N–H and O–H groups in total. The van der Waals surface area contributed by atoms with Crippen molar-refractivity contribution in [3.05, 3.63) is 76.9 Å². The number of nitrogens with two attached hydrogens (primary N) is 1. The van der Waals surface area contributed by atoms with Gasteiger partial charge in [-0.2, -0.15) is 4.98 Å². The second-order valence-electron chi connectivity index (χ2n) is 7.46. The molecule has 0 saturated carbocycles. The Balaban J connectivity index is 1.54. The number of hydrogen-bond donors (Lipinski definition) is 3. The van der Waals surface area contributed by atoms with Crippen molar-refractivity contribution in [3.8, 4) is 34.0 Å². The summed E-state index contributed by atoms with van der Waals surface area (Å²) in [6.07, 6.45) is 3.49. The zero-order valence-corrected chi connectivity index (χ0v) is 17.5. The van der Waals surface area contributed by atoms with Gasteiger partial charge >= 0.3 is 5.69 Å². The standard InChI is InChI=1S/C23H23N5O4/c1-15-10-17(6-7-21(15)29)20-12-19(25-23(31)26-20)16-4-2-5-18(11-16)32-13-22(30)27-8-3-9-28(24)14-27/h2-8,10-12,29H,9,13-14,24H2,1H3,(H,25,26,31). The third-order valence-corrected chi connectivity index (χ3v) is 5.02. The molecule has 1 aromatic heterocycles. The first kappa shape index (κ1) is 21.3. The first-order chi connectivity index (χ1) is 15.4. The zero-order valence-electron chi connectivity index (χ0n) is 17.5. The monoisotopic (exact) mass is 433 g/mol. The second-order valence-corrected chi connectivity index (χ2v) is 7.46. The molecule has 1 aliphatic heterocycles. The Morgan fingerprint density at radius 3 is 2.84 bits per heavy atom. The van der Waals surface area contributed by atoms with Crippen LogP contribution in [0.15, 0.2) is 65.6 Å². The van der Waals surface area contributed by atoms with E-state index in [9.17, 15) is 14.7 Å². The number of aromatic nitrogens is 2. The minimum atomic E-state index is -0.493. The molecule has 9 heteroatoms. The zero-order chi connectivity index (χ0) is 22.7. The molecule has 164 valence electrons. The SMILES string of the molecule is Cc1cc(-c2cc(-c3cccc(OCC(=O)N4C=CCN(N)C4)c3)nc(=O)[nH]2)ccc1O. The van der Waals surface area contributed by atoms with Gasteiger partial charge in [0.2, 0.25) is 0 Å². The maximum absolute atomic E-state index is 12.4. The van der Waals surface area contributed by atoms with Gasteiger partial charge in [0.1, 0.15) is 11.5 Å². The minimum Gasteiger partial charge on any atom is -0.508 e. The van der Waals surface area contributed by atoms with E-state index in [2.05, 4.69) is 9.97 Å². The predicted octanol–water partition coefficient (Wildman–Crippen LogP) is 1.99. The lowest BCUT2D eigenvalue weighted by Gasteiger charge is -2.27. The van der Waals surface area contributed by atoms with Gasteiger partial charge in [-0.25, -0.2) is 9.80 Å². The average Bonchev–Trinajstić information content (AvgIpc) is 2.79. The van der Waals surface area contributed by atoms with Gasteiger partial charge in [0, 0.05) is 18.3 Å². The molecule has 4 rings (SSSR count). The van der Waals surface area contributed by atoms with Crippen molar-refractivity contribution in [1.29, 1.82) is 0 Å². The number of carbonyl (C=O) groups is 1. The fourth-order valence-corrected chi connectivity index (χ4v) is 3.33. The van der Waals surface area contributed by atoms with Crippen LogP contribution < -0.4 is 16.3 Å². The Kier molecular flexibility index (Phi) is 6.02. The molecular formula is C23H23N5O4. The third kappa shape index (κ3) is 4.85. The molecule has 9 nitrogen and oxygen atoms in total. The summed E-state index contributed by atoms with van der Waals surface area (Å²) in [6.45, 7) is 2.52. The van der Waals surface area contributed by atoms with Crippen molar-refractivity contribution >= 4 is 5.91 Å². The molecule has 0 fully saturated rings. The lowest BCUT2D eigenvalue weighted by atomic mass is 10.1. The fraction of sp³-hybridized carbons (Fsp3) is 0.174. The number of phenols is 1. The fourth-order valence-electron chi connectivity index (χ4n) is 3.33. The number of phenolic OH excluding ortho intramolecular Hbond substituents is 1. The van der Waals surface area contributed by atoms with E-state index in [1.54, 1.807) is 61.7 Å². The number of hydrazine groups is 1. The van der Waals surface area contributed by atoms with Crippen molar-refractivity contribution in [2.75, 3.05) is 19.8 Å². The van der Waals surface area contributed by atoms with E-state index in [1.807, 2.05) is 6.07 Å². The van der Waals surface area contributed by atoms with Crippen molar-refractivity contribution < 1.29 is 14.6 Å². The lowest BCUT2D eigenvalue weighted by Crippen LogP contribution is -2.46.